The molecule has 0 heterocycles. The lowest BCUT2D eigenvalue weighted by Crippen LogP contribution is -2.12. The van der Waals surface area contributed by atoms with Gasteiger partial charge in [-0.15, -0.1) is 0 Å². The monoisotopic (exact) mass is 485 g/mol. The van der Waals surface area contributed by atoms with Crippen LogP contribution in [0.2, 0.25) is 0 Å². The van der Waals surface area contributed by atoms with Crippen LogP contribution in [0.4, 0.5) is 5.69 Å². The number of ether oxygens (including phenoxy) is 2. The Bertz CT molecular complexity index is 1060. The van der Waals surface area contributed by atoms with Gasteiger partial charge in [0, 0.05) is 23.3 Å². The Balaban J connectivity index is 1.90. The third kappa shape index (κ3) is 5.61. The van der Waals surface area contributed by atoms with E-state index in [1.165, 1.54) is 12.1 Å². The lowest BCUT2D eigenvalue weighted by atomic mass is 9.87. The van der Waals surface area contributed by atoms with Gasteiger partial charge in [-0.05, 0) is 77.0 Å². The van der Waals surface area contributed by atoms with Crippen LogP contribution >= 0.6 is 15.9 Å². The molecule has 0 saturated heterocycles. The normalized spacial score (nSPS) is 16.5. The first kappa shape index (κ1) is 22.7. The largest absolute Gasteiger partial charge is 0.493 e. The zero-order valence-corrected chi connectivity index (χ0v) is 19.1. The molecule has 0 radical (unpaired) electrons. The number of non-ortho nitro benzene ring substituents is 1. The number of carbonyl (C=O) groups is 1. The predicted octanol–water partition coefficient (Wildman–Crippen LogP) is 6.37. The van der Waals surface area contributed by atoms with Crippen molar-refractivity contribution in [2.24, 2.45) is 0 Å². The fourth-order valence-corrected chi connectivity index (χ4v) is 4.05. The summed E-state index contributed by atoms with van der Waals surface area (Å²) in [4.78, 5) is 23.6. The van der Waals surface area contributed by atoms with E-state index in [2.05, 4.69) is 15.9 Å². The number of nitrogens with zero attached hydrogens (tertiary/aromatic N) is 1. The zero-order chi connectivity index (χ0) is 22.4. The van der Waals surface area contributed by atoms with Gasteiger partial charge in [-0.1, -0.05) is 19.1 Å². The van der Waals surface area contributed by atoms with E-state index in [4.69, 9.17) is 9.47 Å². The number of ketones is 1. The molecule has 0 aliphatic heterocycles. The Labute approximate surface area is 189 Å². The molecule has 0 aromatic heterocycles. The average Bonchev–Trinajstić information content (AvgIpc) is 2.75. The first-order valence-electron chi connectivity index (χ1n) is 10.1. The molecule has 7 heteroatoms. The molecule has 1 aliphatic carbocycles. The number of allylic oxidation sites excluding steroid dienone is 2. The molecule has 0 amide bonds. The van der Waals surface area contributed by atoms with Crippen molar-refractivity contribution in [2.75, 3.05) is 13.7 Å². The zero-order valence-electron chi connectivity index (χ0n) is 17.5. The van der Waals surface area contributed by atoms with Gasteiger partial charge in [0.1, 0.15) is 0 Å². The summed E-state index contributed by atoms with van der Waals surface area (Å²) in [5.41, 5.74) is 2.87. The van der Waals surface area contributed by atoms with Crippen LogP contribution in [0.15, 0.2) is 52.0 Å². The second-order valence-electron chi connectivity index (χ2n) is 7.26. The van der Waals surface area contributed by atoms with E-state index in [1.54, 1.807) is 25.3 Å². The highest BCUT2D eigenvalue weighted by Crippen LogP contribution is 2.38. The van der Waals surface area contributed by atoms with Crippen molar-refractivity contribution in [3.05, 3.63) is 73.3 Å². The highest BCUT2D eigenvalue weighted by Gasteiger charge is 2.21. The fourth-order valence-electron chi connectivity index (χ4n) is 3.48. The SMILES string of the molecule is CCCOc1c(Br)cc(/C=C2\CCC/C(=C\c3cccc([N+](=O)[O-])c3)C2=O)cc1OC. The minimum Gasteiger partial charge on any atom is -0.493 e. The number of carbonyl (C=O) groups excluding carboxylic acids is 1. The molecule has 1 aliphatic rings. The molecular weight excluding hydrogens is 462 g/mol. The summed E-state index contributed by atoms with van der Waals surface area (Å²) in [5.74, 6) is 1.22. The number of methoxy groups -OCH3 is 1. The highest BCUT2D eigenvalue weighted by atomic mass is 79.9. The molecule has 6 nitrogen and oxygen atoms in total. The number of rotatable bonds is 7. The van der Waals surface area contributed by atoms with Crippen LogP contribution in [0, 0.1) is 10.1 Å². The minimum atomic E-state index is -0.435. The predicted molar refractivity (Wildman–Crippen MR) is 124 cm³/mol. The van der Waals surface area contributed by atoms with E-state index >= 15 is 0 Å². The summed E-state index contributed by atoms with van der Waals surface area (Å²) in [7, 11) is 1.59. The molecule has 1 fully saturated rings. The van der Waals surface area contributed by atoms with E-state index in [0.717, 1.165) is 22.9 Å². The van der Waals surface area contributed by atoms with Crippen LogP contribution in [-0.4, -0.2) is 24.4 Å². The van der Waals surface area contributed by atoms with Crippen molar-refractivity contribution >= 4 is 39.6 Å². The summed E-state index contributed by atoms with van der Waals surface area (Å²) in [6.07, 6.45) is 6.68. The highest BCUT2D eigenvalue weighted by molar-refractivity contribution is 9.10. The molecule has 2 aromatic rings. The average molecular weight is 486 g/mol. The number of halogens is 1. The number of Topliss-reactive ketones (excluding diaryl/α,β-unsaturated/α-hetero) is 1. The van der Waals surface area contributed by atoms with E-state index in [-0.39, 0.29) is 11.5 Å². The first-order valence-corrected chi connectivity index (χ1v) is 10.9. The number of hydrogen-bond donors (Lipinski definition) is 0. The van der Waals surface area contributed by atoms with Gasteiger partial charge >= 0.3 is 0 Å². The summed E-state index contributed by atoms with van der Waals surface area (Å²) >= 11 is 3.54. The Hall–Kier alpha value is -2.93. The first-order chi connectivity index (χ1) is 14.9. The van der Waals surface area contributed by atoms with Crippen LogP contribution in [-0.2, 0) is 4.79 Å². The van der Waals surface area contributed by atoms with Gasteiger partial charge in [-0.2, -0.15) is 0 Å². The van der Waals surface area contributed by atoms with Gasteiger partial charge < -0.3 is 9.47 Å². The van der Waals surface area contributed by atoms with Crippen LogP contribution in [0.25, 0.3) is 12.2 Å². The van der Waals surface area contributed by atoms with Gasteiger partial charge in [0.05, 0.1) is 23.1 Å². The maximum atomic E-state index is 13.1. The lowest BCUT2D eigenvalue weighted by Gasteiger charge is -2.17. The number of nitro groups is 1. The molecule has 0 unspecified atom stereocenters. The lowest BCUT2D eigenvalue weighted by molar-refractivity contribution is -0.384. The molecular formula is C24H24BrNO5. The maximum absolute atomic E-state index is 13.1. The van der Waals surface area contributed by atoms with Crippen LogP contribution < -0.4 is 9.47 Å². The summed E-state index contributed by atoms with van der Waals surface area (Å²) in [5, 5.41) is 11.0. The van der Waals surface area contributed by atoms with Crippen LogP contribution in [0.5, 0.6) is 11.5 Å². The Morgan fingerprint density at radius 3 is 2.48 bits per heavy atom. The molecule has 162 valence electrons. The molecule has 3 rings (SSSR count). The van der Waals surface area contributed by atoms with Crippen LogP contribution in [0.1, 0.15) is 43.7 Å². The molecule has 0 atom stereocenters. The van der Waals surface area contributed by atoms with Crippen molar-refractivity contribution in [3.63, 3.8) is 0 Å². The molecule has 31 heavy (non-hydrogen) atoms. The fraction of sp³-hybridized carbons (Fsp3) is 0.292. The maximum Gasteiger partial charge on any atom is 0.270 e. The van der Waals surface area contributed by atoms with Crippen molar-refractivity contribution < 1.29 is 19.2 Å². The third-order valence-electron chi connectivity index (χ3n) is 4.94. The molecule has 2 aromatic carbocycles. The van der Waals surface area contributed by atoms with Crippen molar-refractivity contribution in [1.29, 1.82) is 0 Å². The van der Waals surface area contributed by atoms with Gasteiger partial charge in [0.2, 0.25) is 0 Å². The van der Waals surface area contributed by atoms with E-state index in [9.17, 15) is 14.9 Å². The molecule has 0 N–H and O–H groups in total. The van der Waals surface area contributed by atoms with E-state index < -0.39 is 4.92 Å². The van der Waals surface area contributed by atoms with Gasteiger partial charge in [0.15, 0.2) is 17.3 Å². The van der Waals surface area contributed by atoms with Gasteiger partial charge in [-0.25, -0.2) is 0 Å². The Morgan fingerprint density at radius 2 is 1.84 bits per heavy atom. The number of hydrogen-bond acceptors (Lipinski definition) is 5. The second kappa shape index (κ2) is 10.4. The quantitative estimate of drug-likeness (QED) is 0.258. The van der Waals surface area contributed by atoms with E-state index in [1.807, 2.05) is 25.1 Å². The molecule has 0 spiro atoms. The van der Waals surface area contributed by atoms with Crippen molar-refractivity contribution in [2.45, 2.75) is 32.6 Å². The Morgan fingerprint density at radius 1 is 1.13 bits per heavy atom. The molecule has 0 bridgehead atoms. The third-order valence-corrected chi connectivity index (χ3v) is 5.53. The second-order valence-corrected chi connectivity index (χ2v) is 8.11. The number of benzene rings is 2. The molecule has 1 saturated carbocycles. The standard InChI is InChI=1S/C24H24BrNO5/c1-3-10-31-24-21(25)14-17(15-22(24)30-2)12-19-8-5-7-18(23(19)27)11-16-6-4-9-20(13-16)26(28)29/h4,6,9,11-15H,3,5,7-8,10H2,1-2H3/b18-11+,19-12+. The van der Waals surface area contributed by atoms with Gasteiger partial charge in [0.25, 0.3) is 5.69 Å². The van der Waals surface area contributed by atoms with Crippen LogP contribution in [0.3, 0.4) is 0 Å². The Kier molecular flexibility index (Phi) is 7.63. The van der Waals surface area contributed by atoms with Crippen molar-refractivity contribution in [1.82, 2.24) is 0 Å². The van der Waals surface area contributed by atoms with Gasteiger partial charge in [-0.3, -0.25) is 14.9 Å². The summed E-state index contributed by atoms with van der Waals surface area (Å²) < 4.78 is 12.0. The topological polar surface area (TPSA) is 78.7 Å². The smallest absolute Gasteiger partial charge is 0.270 e. The minimum absolute atomic E-state index is 0.00991. The summed E-state index contributed by atoms with van der Waals surface area (Å²) in [6.45, 7) is 2.62. The van der Waals surface area contributed by atoms with Crippen molar-refractivity contribution in [3.8, 4) is 11.5 Å². The van der Waals surface area contributed by atoms with E-state index in [0.29, 0.717) is 47.7 Å². The summed E-state index contributed by atoms with van der Waals surface area (Å²) in [6, 6.07) is 10.1. The number of nitro benzene ring substituents is 1.